The van der Waals surface area contributed by atoms with Gasteiger partial charge in [0.2, 0.25) is 5.78 Å². The van der Waals surface area contributed by atoms with Crippen molar-refractivity contribution in [3.8, 4) is 0 Å². The lowest BCUT2D eigenvalue weighted by Crippen LogP contribution is -2.29. The number of halogens is 3. The maximum atomic E-state index is 13.4. The normalized spacial score (nSPS) is 21.3. The first-order valence-corrected chi connectivity index (χ1v) is 16.5. The number of benzene rings is 2. The zero-order valence-corrected chi connectivity index (χ0v) is 26.6. The van der Waals surface area contributed by atoms with E-state index in [1.54, 1.807) is 6.92 Å². The molecule has 0 unspecified atom stereocenters. The standard InChI is InChI=1S/C34H36Cl3N3O3/c1-20-28(34(43)40(38-20)31-26(36)18-24(35)19-27(31)37)30-32(41)29(33(30)42)23-10-12-25(13-11-23)39(16-14-21-6-2-3-7-21)17-15-22-8-4-5-9-22/h10-13,18-19,21-22,41H,2-9,14-17H2,1H3. The minimum Gasteiger partial charge on any atom is -0.506 e. The number of hydrogen-bond acceptors (Lipinski definition) is 5. The van der Waals surface area contributed by atoms with Gasteiger partial charge in [-0.1, -0.05) is 98.3 Å². The molecule has 9 heteroatoms. The summed E-state index contributed by atoms with van der Waals surface area (Å²) in [7, 11) is 0. The van der Waals surface area contributed by atoms with E-state index in [4.69, 9.17) is 34.8 Å². The highest BCUT2D eigenvalue weighted by Gasteiger charge is 2.43. The highest BCUT2D eigenvalue weighted by molar-refractivity contribution is 6.47. The number of aliphatic hydroxyl groups is 1. The molecule has 1 amide bonds. The number of ketones is 1. The molecular formula is C34H36Cl3N3O3. The fraction of sp³-hybridized carbons (Fsp3) is 0.441. The summed E-state index contributed by atoms with van der Waals surface area (Å²) in [6.45, 7) is 3.69. The van der Waals surface area contributed by atoms with Crippen LogP contribution in [0.5, 0.6) is 0 Å². The van der Waals surface area contributed by atoms with E-state index in [1.165, 1.54) is 76.3 Å². The molecule has 1 N–H and O–H groups in total. The topological polar surface area (TPSA) is 73.2 Å². The summed E-state index contributed by atoms with van der Waals surface area (Å²) in [5.41, 5.74) is 2.44. The number of hydrogen-bond donors (Lipinski definition) is 1. The molecule has 0 spiro atoms. The molecule has 1 aliphatic heterocycles. The van der Waals surface area contributed by atoms with Crippen LogP contribution in [0.4, 0.5) is 11.4 Å². The van der Waals surface area contributed by atoms with E-state index in [1.807, 2.05) is 12.1 Å². The molecule has 6 rings (SSSR count). The van der Waals surface area contributed by atoms with Crippen LogP contribution < -0.4 is 9.91 Å². The second-order valence-corrected chi connectivity index (χ2v) is 13.5. The molecule has 2 fully saturated rings. The monoisotopic (exact) mass is 639 g/mol. The maximum Gasteiger partial charge on any atom is 0.281 e. The van der Waals surface area contributed by atoms with Gasteiger partial charge < -0.3 is 10.0 Å². The highest BCUT2D eigenvalue weighted by atomic mass is 35.5. The number of amides is 1. The van der Waals surface area contributed by atoms with Crippen LogP contribution >= 0.6 is 34.8 Å². The highest BCUT2D eigenvalue weighted by Crippen LogP contribution is 2.43. The van der Waals surface area contributed by atoms with Gasteiger partial charge in [0.05, 0.1) is 32.5 Å². The Bertz CT molecular complexity index is 1490. The van der Waals surface area contributed by atoms with Crippen LogP contribution in [0.2, 0.25) is 15.1 Å². The molecule has 0 radical (unpaired) electrons. The van der Waals surface area contributed by atoms with Gasteiger partial charge in [-0.2, -0.15) is 10.1 Å². The quantitative estimate of drug-likeness (QED) is 0.277. The Labute approximate surface area is 268 Å². The molecule has 4 aliphatic rings. The number of nitrogens with zero attached hydrogens (tertiary/aromatic N) is 3. The third kappa shape index (κ3) is 5.99. The van der Waals surface area contributed by atoms with Gasteiger partial charge in [0, 0.05) is 23.8 Å². The second kappa shape index (κ2) is 12.7. The Balaban J connectivity index is 1.22. The summed E-state index contributed by atoms with van der Waals surface area (Å²) in [5.74, 6) is 0.459. The zero-order chi connectivity index (χ0) is 30.2. The summed E-state index contributed by atoms with van der Waals surface area (Å²) in [4.78, 5) is 29.3. The largest absolute Gasteiger partial charge is 0.506 e. The lowest BCUT2D eigenvalue weighted by atomic mass is 9.80. The van der Waals surface area contributed by atoms with Crippen LogP contribution in [0, 0.1) is 11.8 Å². The molecule has 0 saturated heterocycles. The smallest absolute Gasteiger partial charge is 0.281 e. The fourth-order valence-corrected chi connectivity index (χ4v) is 8.05. The molecular weight excluding hydrogens is 605 g/mol. The van der Waals surface area contributed by atoms with Crippen molar-refractivity contribution in [2.45, 2.75) is 71.1 Å². The average Bonchev–Trinajstić information content (AvgIpc) is 3.74. The number of allylic oxidation sites excluding steroid dienone is 2. The first kappa shape index (κ1) is 30.2. The predicted molar refractivity (Wildman–Crippen MR) is 175 cm³/mol. The van der Waals surface area contributed by atoms with Crippen LogP contribution in [-0.4, -0.2) is 35.6 Å². The van der Waals surface area contributed by atoms with Crippen molar-refractivity contribution in [2.75, 3.05) is 23.0 Å². The Hall–Kier alpha value is -2.80. The molecule has 1 heterocycles. The van der Waals surface area contributed by atoms with E-state index in [0.29, 0.717) is 10.6 Å². The molecule has 0 atom stereocenters. The van der Waals surface area contributed by atoms with Gasteiger partial charge in [0.25, 0.3) is 5.91 Å². The molecule has 0 bridgehead atoms. The Morgan fingerprint density at radius 2 is 1.37 bits per heavy atom. The Morgan fingerprint density at radius 3 is 1.88 bits per heavy atom. The molecule has 2 aromatic carbocycles. The number of rotatable bonds is 9. The first-order chi connectivity index (χ1) is 20.7. The lowest BCUT2D eigenvalue weighted by molar-refractivity contribution is -0.115. The van der Waals surface area contributed by atoms with Gasteiger partial charge in [-0.25, -0.2) is 0 Å². The van der Waals surface area contributed by atoms with Crippen LogP contribution in [0.15, 0.2) is 58.4 Å². The predicted octanol–water partition coefficient (Wildman–Crippen LogP) is 9.18. The van der Waals surface area contributed by atoms with Gasteiger partial charge in [-0.15, -0.1) is 0 Å². The molecule has 43 heavy (non-hydrogen) atoms. The molecule has 2 saturated carbocycles. The number of Topliss-reactive ketones (excluding diaryl/α,β-unsaturated/α-hetero) is 1. The van der Waals surface area contributed by atoms with Crippen molar-refractivity contribution in [1.29, 1.82) is 0 Å². The van der Waals surface area contributed by atoms with Crippen molar-refractivity contribution in [2.24, 2.45) is 16.9 Å². The fourth-order valence-electron chi connectivity index (χ4n) is 7.07. The van der Waals surface area contributed by atoms with E-state index in [-0.39, 0.29) is 43.9 Å². The molecule has 2 aromatic rings. The second-order valence-electron chi connectivity index (χ2n) is 12.2. The summed E-state index contributed by atoms with van der Waals surface area (Å²) in [6.07, 6.45) is 13.2. The van der Waals surface area contributed by atoms with Crippen molar-refractivity contribution in [1.82, 2.24) is 0 Å². The summed E-state index contributed by atoms with van der Waals surface area (Å²) in [5, 5.41) is 17.0. The van der Waals surface area contributed by atoms with Crippen molar-refractivity contribution < 1.29 is 14.7 Å². The van der Waals surface area contributed by atoms with E-state index in [0.717, 1.165) is 35.6 Å². The van der Waals surface area contributed by atoms with Crippen LogP contribution in [0.25, 0.3) is 5.57 Å². The maximum absolute atomic E-state index is 13.4. The third-order valence-corrected chi connectivity index (χ3v) is 10.3. The summed E-state index contributed by atoms with van der Waals surface area (Å²) < 4.78 is 0. The molecule has 3 aliphatic carbocycles. The average molecular weight is 641 g/mol. The van der Waals surface area contributed by atoms with Crippen LogP contribution in [-0.2, 0) is 9.59 Å². The summed E-state index contributed by atoms with van der Waals surface area (Å²) >= 11 is 18.7. The number of aliphatic hydroxyl groups excluding tert-OH is 1. The van der Waals surface area contributed by atoms with Crippen LogP contribution in [0.1, 0.15) is 76.7 Å². The van der Waals surface area contributed by atoms with Crippen molar-refractivity contribution in [3.63, 3.8) is 0 Å². The zero-order valence-electron chi connectivity index (χ0n) is 24.3. The third-order valence-electron chi connectivity index (χ3n) is 9.47. The number of hydrazone groups is 1. The van der Waals surface area contributed by atoms with Crippen molar-refractivity contribution in [3.05, 3.63) is 73.9 Å². The minimum absolute atomic E-state index is 0.0370. The van der Waals surface area contributed by atoms with Crippen LogP contribution in [0.3, 0.4) is 0 Å². The lowest BCUT2D eigenvalue weighted by Gasteiger charge is -2.28. The molecule has 6 nitrogen and oxygen atoms in total. The van der Waals surface area contributed by atoms with Gasteiger partial charge in [-0.05, 0) is 61.4 Å². The van der Waals surface area contributed by atoms with E-state index in [9.17, 15) is 14.7 Å². The number of anilines is 2. The van der Waals surface area contributed by atoms with E-state index >= 15 is 0 Å². The molecule has 0 aromatic heterocycles. The Morgan fingerprint density at radius 1 is 0.837 bits per heavy atom. The van der Waals surface area contributed by atoms with Gasteiger partial charge in [0.15, 0.2) is 0 Å². The Kier molecular flexibility index (Phi) is 8.91. The number of carbonyl (C=O) groups excluding carboxylic acids is 2. The SMILES string of the molecule is CC1=NN(c2c(Cl)cc(Cl)cc2Cl)C(=O)C1=C1C(=O)C(c2ccc(N(CCC3CCCC3)CCC3CCCC3)cc2)=C1O. The number of carbonyl (C=O) groups is 2. The molecule has 226 valence electrons. The van der Waals surface area contributed by atoms with E-state index in [2.05, 4.69) is 22.1 Å². The summed E-state index contributed by atoms with van der Waals surface area (Å²) in [6, 6.07) is 10.8. The van der Waals surface area contributed by atoms with Crippen molar-refractivity contribution >= 4 is 69.2 Å². The first-order valence-electron chi connectivity index (χ1n) is 15.4. The van der Waals surface area contributed by atoms with Gasteiger partial charge in [-0.3, -0.25) is 9.59 Å². The van der Waals surface area contributed by atoms with Gasteiger partial charge >= 0.3 is 0 Å². The van der Waals surface area contributed by atoms with E-state index < -0.39 is 11.7 Å². The van der Waals surface area contributed by atoms with Gasteiger partial charge in [0.1, 0.15) is 11.4 Å². The minimum atomic E-state index is -0.590.